The van der Waals surface area contributed by atoms with Crippen LogP contribution in [0.3, 0.4) is 0 Å². The third-order valence-electron chi connectivity index (χ3n) is 3.49. The largest absolute Gasteiger partial charge is 0.478 e. The first kappa shape index (κ1) is 26.4. The van der Waals surface area contributed by atoms with Crippen LogP contribution in [0.5, 0.6) is 0 Å². The van der Waals surface area contributed by atoms with Gasteiger partial charge in [0, 0.05) is 18.8 Å². The Hall–Kier alpha value is -1.78. The van der Waals surface area contributed by atoms with E-state index >= 15 is 0 Å². The molecule has 9 heteroatoms. The van der Waals surface area contributed by atoms with Crippen LogP contribution in [-0.2, 0) is 23.8 Å². The quantitative estimate of drug-likeness (QED) is 0.242. The highest BCUT2D eigenvalue weighted by Gasteiger charge is 2.34. The predicted octanol–water partition coefficient (Wildman–Crippen LogP) is -0.254. The van der Waals surface area contributed by atoms with Crippen molar-refractivity contribution in [2.45, 2.75) is 26.1 Å². The highest BCUT2D eigenvalue weighted by Crippen LogP contribution is 2.21. The molecular formula is C17H30O9. The van der Waals surface area contributed by atoms with Crippen molar-refractivity contribution < 1.29 is 44.2 Å². The van der Waals surface area contributed by atoms with Crippen molar-refractivity contribution in [3.05, 3.63) is 24.8 Å². The van der Waals surface area contributed by atoms with E-state index in [1.54, 1.807) is 13.8 Å². The number of aliphatic carboxylic acids is 1. The maximum absolute atomic E-state index is 10.7. The van der Waals surface area contributed by atoms with Crippen molar-refractivity contribution in [1.82, 2.24) is 0 Å². The second-order valence-electron chi connectivity index (χ2n) is 5.59. The fourth-order valence-corrected chi connectivity index (χ4v) is 1.24. The molecule has 1 rings (SSSR count). The van der Waals surface area contributed by atoms with Crippen LogP contribution in [-0.4, -0.2) is 84.7 Å². The van der Waals surface area contributed by atoms with Gasteiger partial charge < -0.3 is 34.6 Å². The van der Waals surface area contributed by atoms with E-state index in [0.717, 1.165) is 6.08 Å². The molecule has 4 N–H and O–H groups in total. The Morgan fingerprint density at radius 2 is 1.73 bits per heavy atom. The minimum atomic E-state index is -0.981. The van der Waals surface area contributed by atoms with Gasteiger partial charge in [-0.2, -0.15) is 0 Å². The Kier molecular flexibility index (Phi) is 14.6. The summed E-state index contributed by atoms with van der Waals surface area (Å²) in [6, 6.07) is 0. The lowest BCUT2D eigenvalue weighted by atomic mass is 9.85. The second-order valence-corrected chi connectivity index (χ2v) is 5.59. The van der Waals surface area contributed by atoms with Crippen LogP contribution >= 0.6 is 0 Å². The van der Waals surface area contributed by atoms with E-state index in [1.807, 2.05) is 0 Å². The fourth-order valence-electron chi connectivity index (χ4n) is 1.24. The molecule has 1 saturated heterocycles. The highest BCUT2D eigenvalue weighted by atomic mass is 16.6. The van der Waals surface area contributed by atoms with E-state index in [9.17, 15) is 9.59 Å². The van der Waals surface area contributed by atoms with Crippen LogP contribution in [0, 0.1) is 5.41 Å². The number of epoxide rings is 1. The molecule has 2 atom stereocenters. The fraction of sp³-hybridized carbons (Fsp3) is 0.647. The Labute approximate surface area is 153 Å². The van der Waals surface area contributed by atoms with Gasteiger partial charge in [0.05, 0.1) is 37.9 Å². The number of aliphatic hydroxyl groups excluding tert-OH is 3. The number of ether oxygens (including phenoxy) is 3. The van der Waals surface area contributed by atoms with E-state index in [4.69, 9.17) is 34.6 Å². The summed E-state index contributed by atoms with van der Waals surface area (Å²) in [4.78, 5) is 19.9. The van der Waals surface area contributed by atoms with Crippen molar-refractivity contribution in [3.8, 4) is 0 Å². The monoisotopic (exact) mass is 378 g/mol. The second kappa shape index (κ2) is 14.4. The minimum absolute atomic E-state index is 0.142. The summed E-state index contributed by atoms with van der Waals surface area (Å²) in [5.41, 5.74) is -0.491. The molecule has 0 aromatic rings. The molecule has 0 aromatic heterocycles. The van der Waals surface area contributed by atoms with Gasteiger partial charge in [-0.1, -0.05) is 13.2 Å². The lowest BCUT2D eigenvalue weighted by Gasteiger charge is -2.32. The van der Waals surface area contributed by atoms with Crippen LogP contribution in [0.2, 0.25) is 0 Å². The van der Waals surface area contributed by atoms with Crippen molar-refractivity contribution in [2.24, 2.45) is 5.41 Å². The number of hydrogen-bond acceptors (Lipinski definition) is 8. The lowest BCUT2D eigenvalue weighted by Crippen LogP contribution is -2.44. The maximum Gasteiger partial charge on any atom is 0.333 e. The Balaban J connectivity index is 0. The summed E-state index contributed by atoms with van der Waals surface area (Å²) in [5, 5.41) is 34.2. The van der Waals surface area contributed by atoms with Gasteiger partial charge in [-0.15, -0.1) is 0 Å². The van der Waals surface area contributed by atoms with Gasteiger partial charge in [-0.3, -0.25) is 0 Å². The number of aliphatic hydroxyl groups is 3. The molecule has 0 bridgehead atoms. The molecule has 152 valence electrons. The average molecular weight is 378 g/mol. The minimum Gasteiger partial charge on any atom is -0.478 e. The van der Waals surface area contributed by atoms with Gasteiger partial charge in [-0.25, -0.2) is 9.59 Å². The number of esters is 1. The number of carbonyl (C=O) groups is 2. The number of hydrogen-bond donors (Lipinski definition) is 4. The van der Waals surface area contributed by atoms with Gasteiger partial charge in [0.2, 0.25) is 0 Å². The number of methoxy groups -OCH3 is 1. The van der Waals surface area contributed by atoms with E-state index in [1.165, 1.54) is 7.11 Å². The van der Waals surface area contributed by atoms with Crippen molar-refractivity contribution in [3.63, 3.8) is 0 Å². The molecule has 1 heterocycles. The molecule has 2 unspecified atom stereocenters. The lowest BCUT2D eigenvalue weighted by molar-refractivity contribution is -0.139. The summed E-state index contributed by atoms with van der Waals surface area (Å²) in [5.74, 6) is -1.32. The molecule has 0 spiro atoms. The molecule has 0 aromatic carbocycles. The summed E-state index contributed by atoms with van der Waals surface area (Å²) in [6.07, 6.45) is 0.616. The Bertz CT molecular complexity index is 431. The normalized spacial score (nSPS) is 16.0. The van der Waals surface area contributed by atoms with E-state index in [0.29, 0.717) is 18.8 Å². The highest BCUT2D eigenvalue weighted by molar-refractivity contribution is 5.86. The smallest absolute Gasteiger partial charge is 0.333 e. The molecule has 0 radical (unpaired) electrons. The topological polar surface area (TPSA) is 146 Å². The first-order valence-corrected chi connectivity index (χ1v) is 7.79. The average Bonchev–Trinajstić information content (AvgIpc) is 3.46. The van der Waals surface area contributed by atoms with Gasteiger partial charge in [0.15, 0.2) is 0 Å². The molecule has 9 nitrogen and oxygen atoms in total. The Morgan fingerprint density at radius 3 is 1.92 bits per heavy atom. The van der Waals surface area contributed by atoms with Gasteiger partial charge in [0.25, 0.3) is 0 Å². The molecule has 1 aliphatic heterocycles. The molecular weight excluding hydrogens is 348 g/mol. The predicted molar refractivity (Wildman–Crippen MR) is 93.5 cm³/mol. The third kappa shape index (κ3) is 11.7. The molecule has 0 amide bonds. The molecule has 1 aliphatic rings. The number of carboxylic acid groups (broad SMARTS) is 1. The SMILES string of the molecule is C=C(C)C(=O)OCC1CO1.C=CC(=O)O.COC(C)C(CO)(CO)CO. The number of carbonyl (C=O) groups excluding carboxylic acids is 1. The zero-order valence-corrected chi connectivity index (χ0v) is 15.5. The number of rotatable bonds is 9. The van der Waals surface area contributed by atoms with Gasteiger partial charge in [-0.05, 0) is 13.8 Å². The van der Waals surface area contributed by atoms with E-state index in [2.05, 4.69) is 13.2 Å². The summed E-state index contributed by atoms with van der Waals surface area (Å²) >= 11 is 0. The maximum atomic E-state index is 10.7. The van der Waals surface area contributed by atoms with Crippen LogP contribution in [0.1, 0.15) is 13.8 Å². The van der Waals surface area contributed by atoms with E-state index in [-0.39, 0.29) is 38.0 Å². The molecule has 1 fully saturated rings. The zero-order valence-electron chi connectivity index (χ0n) is 15.5. The van der Waals surface area contributed by atoms with Crippen LogP contribution in [0.4, 0.5) is 0 Å². The van der Waals surface area contributed by atoms with Crippen LogP contribution < -0.4 is 0 Å². The molecule has 26 heavy (non-hydrogen) atoms. The van der Waals surface area contributed by atoms with Gasteiger partial charge in [0.1, 0.15) is 12.7 Å². The van der Waals surface area contributed by atoms with Crippen molar-refractivity contribution in [2.75, 3.05) is 40.1 Å². The first-order chi connectivity index (χ1) is 12.1. The number of carboxylic acids is 1. The zero-order chi connectivity index (χ0) is 20.8. The van der Waals surface area contributed by atoms with Crippen molar-refractivity contribution in [1.29, 1.82) is 0 Å². The van der Waals surface area contributed by atoms with Gasteiger partial charge >= 0.3 is 11.9 Å². The standard InChI is InChI=1S/C7H16O4.C7H10O3.C3H4O2/c1-6(11-2)7(3-8,4-9)5-10;1-5(2)7(8)10-4-6-3-9-6;1-2-3(4)5/h6,8-10H,3-5H2,1-2H3;6H,1,3-4H2,2H3;2H,1H2,(H,4,5). The summed E-state index contributed by atoms with van der Waals surface area (Å²) in [7, 11) is 1.47. The van der Waals surface area contributed by atoms with Crippen molar-refractivity contribution >= 4 is 11.9 Å². The molecule has 0 saturated carbocycles. The van der Waals surface area contributed by atoms with E-state index < -0.39 is 11.4 Å². The Morgan fingerprint density at radius 1 is 1.31 bits per heavy atom. The third-order valence-corrected chi connectivity index (χ3v) is 3.49. The molecule has 0 aliphatic carbocycles. The van der Waals surface area contributed by atoms with Crippen LogP contribution in [0.25, 0.3) is 0 Å². The first-order valence-electron chi connectivity index (χ1n) is 7.79. The summed E-state index contributed by atoms with van der Waals surface area (Å²) in [6.45, 7) is 9.95. The summed E-state index contributed by atoms with van der Waals surface area (Å²) < 4.78 is 14.5. The van der Waals surface area contributed by atoms with Crippen LogP contribution in [0.15, 0.2) is 24.8 Å².